The Bertz CT molecular complexity index is 589. The molecule has 1 heterocycles. The van der Waals surface area contributed by atoms with Crippen LogP contribution in [-0.2, 0) is 0 Å². The van der Waals surface area contributed by atoms with Gasteiger partial charge in [-0.25, -0.2) is 0 Å². The molecule has 1 aliphatic rings. The number of hydrogen-bond acceptors (Lipinski definition) is 1. The number of amides is 1. The molecule has 0 bridgehead atoms. The maximum Gasteiger partial charge on any atom is 0.254 e. The number of benzene rings is 2. The Morgan fingerprint density at radius 2 is 1.75 bits per heavy atom. The van der Waals surface area contributed by atoms with E-state index in [1.54, 1.807) is 0 Å². The van der Waals surface area contributed by atoms with E-state index < -0.39 is 0 Å². The van der Waals surface area contributed by atoms with E-state index >= 15 is 0 Å². The average Bonchev–Trinajstić information content (AvgIpc) is 2.97. The van der Waals surface area contributed by atoms with Crippen LogP contribution in [0.1, 0.15) is 40.4 Å². The van der Waals surface area contributed by atoms with Crippen molar-refractivity contribution < 1.29 is 4.79 Å². The molecule has 1 aliphatic heterocycles. The third kappa shape index (κ3) is 2.46. The number of hydrogen-bond donors (Lipinski definition) is 0. The van der Waals surface area contributed by atoms with E-state index in [0.717, 1.165) is 24.9 Å². The van der Waals surface area contributed by atoms with Crippen molar-refractivity contribution in [2.45, 2.75) is 25.8 Å². The molecule has 2 heteroatoms. The Morgan fingerprint density at radius 1 is 1.05 bits per heavy atom. The van der Waals surface area contributed by atoms with E-state index in [9.17, 15) is 4.79 Å². The summed E-state index contributed by atoms with van der Waals surface area (Å²) >= 11 is 0. The SMILES string of the molecule is Cc1ccc(C2CCCN2C(=O)c2ccccc2)cc1. The summed E-state index contributed by atoms with van der Waals surface area (Å²) < 4.78 is 0. The van der Waals surface area contributed by atoms with Gasteiger partial charge in [0, 0.05) is 12.1 Å². The summed E-state index contributed by atoms with van der Waals surface area (Å²) in [4.78, 5) is 14.6. The topological polar surface area (TPSA) is 20.3 Å². The predicted octanol–water partition coefficient (Wildman–Crippen LogP) is 3.97. The summed E-state index contributed by atoms with van der Waals surface area (Å²) in [5.74, 6) is 0.147. The zero-order valence-corrected chi connectivity index (χ0v) is 11.8. The van der Waals surface area contributed by atoms with Gasteiger partial charge in [0.1, 0.15) is 0 Å². The molecule has 0 spiro atoms. The van der Waals surface area contributed by atoms with Crippen molar-refractivity contribution >= 4 is 5.91 Å². The molecule has 1 atom stereocenters. The van der Waals surface area contributed by atoms with Gasteiger partial charge in [0.25, 0.3) is 5.91 Å². The lowest BCUT2D eigenvalue weighted by Crippen LogP contribution is -2.30. The molecule has 1 amide bonds. The molecular formula is C18H19NO. The molecule has 0 aliphatic carbocycles. The zero-order chi connectivity index (χ0) is 13.9. The maximum atomic E-state index is 12.6. The van der Waals surface area contributed by atoms with Crippen LogP contribution in [0.5, 0.6) is 0 Å². The summed E-state index contributed by atoms with van der Waals surface area (Å²) in [6, 6.07) is 18.3. The Labute approximate surface area is 120 Å². The van der Waals surface area contributed by atoms with Gasteiger partial charge in [-0.05, 0) is 37.5 Å². The van der Waals surface area contributed by atoms with Gasteiger partial charge in [-0.1, -0.05) is 48.0 Å². The van der Waals surface area contributed by atoms with Crippen LogP contribution in [0.2, 0.25) is 0 Å². The van der Waals surface area contributed by atoms with Crippen molar-refractivity contribution in [3.8, 4) is 0 Å². The third-order valence-electron chi connectivity index (χ3n) is 4.00. The minimum absolute atomic E-state index is 0.147. The molecule has 1 fully saturated rings. The van der Waals surface area contributed by atoms with Gasteiger partial charge in [0.2, 0.25) is 0 Å². The molecule has 0 saturated carbocycles. The van der Waals surface area contributed by atoms with E-state index in [-0.39, 0.29) is 11.9 Å². The van der Waals surface area contributed by atoms with E-state index in [1.807, 2.05) is 35.2 Å². The summed E-state index contributed by atoms with van der Waals surface area (Å²) in [5.41, 5.74) is 3.29. The van der Waals surface area contributed by atoms with E-state index in [1.165, 1.54) is 11.1 Å². The highest BCUT2D eigenvalue weighted by molar-refractivity contribution is 5.94. The third-order valence-corrected chi connectivity index (χ3v) is 4.00. The minimum Gasteiger partial charge on any atom is -0.332 e. The quantitative estimate of drug-likeness (QED) is 0.804. The summed E-state index contributed by atoms with van der Waals surface area (Å²) in [6.45, 7) is 2.94. The normalized spacial score (nSPS) is 18.2. The first-order valence-electron chi connectivity index (χ1n) is 7.18. The van der Waals surface area contributed by atoms with Crippen molar-refractivity contribution in [3.63, 3.8) is 0 Å². The molecule has 1 unspecified atom stereocenters. The molecule has 2 aromatic rings. The lowest BCUT2D eigenvalue weighted by Gasteiger charge is -2.25. The van der Waals surface area contributed by atoms with Gasteiger partial charge < -0.3 is 4.90 Å². The van der Waals surface area contributed by atoms with Gasteiger partial charge in [0.05, 0.1) is 6.04 Å². The average molecular weight is 265 g/mol. The summed E-state index contributed by atoms with van der Waals surface area (Å²) in [7, 11) is 0. The second kappa shape index (κ2) is 5.49. The number of carbonyl (C=O) groups excluding carboxylic acids is 1. The van der Waals surface area contributed by atoms with Crippen LogP contribution in [0.4, 0.5) is 0 Å². The van der Waals surface area contributed by atoms with Crippen LogP contribution in [0, 0.1) is 6.92 Å². The molecule has 2 aromatic carbocycles. The molecule has 20 heavy (non-hydrogen) atoms. The van der Waals surface area contributed by atoms with E-state index in [0.29, 0.717) is 0 Å². The summed E-state index contributed by atoms with van der Waals surface area (Å²) in [5, 5.41) is 0. The fourth-order valence-electron chi connectivity index (χ4n) is 2.89. The predicted molar refractivity (Wildman–Crippen MR) is 80.6 cm³/mol. The van der Waals surface area contributed by atoms with Crippen LogP contribution in [0.15, 0.2) is 54.6 Å². The first kappa shape index (κ1) is 12.9. The van der Waals surface area contributed by atoms with Crippen molar-refractivity contribution in [1.82, 2.24) is 4.90 Å². The number of nitrogens with zero attached hydrogens (tertiary/aromatic N) is 1. The molecule has 0 radical (unpaired) electrons. The highest BCUT2D eigenvalue weighted by atomic mass is 16.2. The van der Waals surface area contributed by atoms with Crippen molar-refractivity contribution in [2.24, 2.45) is 0 Å². The summed E-state index contributed by atoms with van der Waals surface area (Å²) in [6.07, 6.45) is 2.14. The maximum absolute atomic E-state index is 12.6. The van der Waals surface area contributed by atoms with E-state index in [4.69, 9.17) is 0 Å². The number of aryl methyl sites for hydroxylation is 1. The highest BCUT2D eigenvalue weighted by Gasteiger charge is 2.30. The Kier molecular flexibility index (Phi) is 3.55. The van der Waals surface area contributed by atoms with Crippen molar-refractivity contribution in [1.29, 1.82) is 0 Å². The second-order valence-corrected chi connectivity index (χ2v) is 5.43. The molecule has 3 rings (SSSR count). The lowest BCUT2D eigenvalue weighted by molar-refractivity contribution is 0.0735. The highest BCUT2D eigenvalue weighted by Crippen LogP contribution is 2.33. The molecule has 0 N–H and O–H groups in total. The van der Waals surface area contributed by atoms with Crippen LogP contribution in [0.25, 0.3) is 0 Å². The second-order valence-electron chi connectivity index (χ2n) is 5.43. The van der Waals surface area contributed by atoms with Crippen molar-refractivity contribution in [2.75, 3.05) is 6.54 Å². The lowest BCUT2D eigenvalue weighted by atomic mass is 10.0. The monoisotopic (exact) mass is 265 g/mol. The van der Waals surface area contributed by atoms with E-state index in [2.05, 4.69) is 31.2 Å². The van der Waals surface area contributed by atoms with Gasteiger partial charge >= 0.3 is 0 Å². The first-order chi connectivity index (χ1) is 9.75. The number of likely N-dealkylation sites (tertiary alicyclic amines) is 1. The van der Waals surface area contributed by atoms with Crippen LogP contribution < -0.4 is 0 Å². The van der Waals surface area contributed by atoms with Crippen molar-refractivity contribution in [3.05, 3.63) is 71.3 Å². The molecular weight excluding hydrogens is 246 g/mol. The van der Waals surface area contributed by atoms with Gasteiger partial charge in [-0.3, -0.25) is 4.79 Å². The molecule has 0 aromatic heterocycles. The van der Waals surface area contributed by atoms with Gasteiger partial charge in [0.15, 0.2) is 0 Å². The fraction of sp³-hybridized carbons (Fsp3) is 0.278. The van der Waals surface area contributed by atoms with Crippen LogP contribution in [0.3, 0.4) is 0 Å². The molecule has 1 saturated heterocycles. The Balaban J connectivity index is 1.86. The van der Waals surface area contributed by atoms with Crippen LogP contribution >= 0.6 is 0 Å². The number of rotatable bonds is 2. The standard InChI is InChI=1S/C18H19NO/c1-14-9-11-15(12-10-14)17-8-5-13-19(17)18(20)16-6-3-2-4-7-16/h2-4,6-7,9-12,17H,5,8,13H2,1H3. The fourth-order valence-corrected chi connectivity index (χ4v) is 2.89. The van der Waals surface area contributed by atoms with Gasteiger partial charge in [-0.15, -0.1) is 0 Å². The smallest absolute Gasteiger partial charge is 0.254 e. The van der Waals surface area contributed by atoms with Gasteiger partial charge in [-0.2, -0.15) is 0 Å². The Hall–Kier alpha value is -2.09. The Morgan fingerprint density at radius 3 is 2.45 bits per heavy atom. The molecule has 2 nitrogen and oxygen atoms in total. The first-order valence-corrected chi connectivity index (χ1v) is 7.18. The van der Waals surface area contributed by atoms with Crippen LogP contribution in [-0.4, -0.2) is 17.4 Å². The number of carbonyl (C=O) groups is 1. The molecule has 102 valence electrons. The largest absolute Gasteiger partial charge is 0.332 e. The minimum atomic E-state index is 0.147. The zero-order valence-electron chi connectivity index (χ0n) is 11.8.